The normalized spacial score (nSPS) is 9.69. The summed E-state index contributed by atoms with van der Waals surface area (Å²) in [6.07, 6.45) is 4.68. The lowest BCUT2D eigenvalue weighted by atomic mass is 10.3. The third-order valence-corrected chi connectivity index (χ3v) is 1.50. The second-order valence-electron chi connectivity index (χ2n) is 2.97. The summed E-state index contributed by atoms with van der Waals surface area (Å²) in [5.74, 6) is -1.94. The van der Waals surface area contributed by atoms with E-state index in [4.69, 9.17) is 5.11 Å². The molecule has 16 heavy (non-hydrogen) atoms. The summed E-state index contributed by atoms with van der Waals surface area (Å²) < 4.78 is 23.9. The third kappa shape index (κ3) is 8.87. The predicted octanol–water partition coefficient (Wildman–Crippen LogP) is 3.39. The predicted molar refractivity (Wildman–Crippen MR) is 58.0 cm³/mol. The Morgan fingerprint density at radius 2 is 1.94 bits per heavy atom. The standard InChI is InChI=1S/C6H4F2.C6H10O2/c7-5-2-1-3-6(8)4-5;1-2-3-4-5-6(7)8/h1-4H;4-5H,2-3H2,1H3,(H,7,8). The van der Waals surface area contributed by atoms with Crippen molar-refractivity contribution in [3.05, 3.63) is 48.1 Å². The maximum absolute atomic E-state index is 11.9. The molecule has 0 aliphatic rings. The maximum atomic E-state index is 11.9. The number of unbranched alkanes of at least 4 members (excludes halogenated alkanes) is 1. The van der Waals surface area contributed by atoms with E-state index in [-0.39, 0.29) is 0 Å². The van der Waals surface area contributed by atoms with Gasteiger partial charge in [-0.2, -0.15) is 0 Å². The summed E-state index contributed by atoms with van der Waals surface area (Å²) in [6, 6.07) is 4.55. The van der Waals surface area contributed by atoms with Crippen molar-refractivity contribution in [3.8, 4) is 0 Å². The molecule has 0 saturated heterocycles. The van der Waals surface area contributed by atoms with Crippen LogP contribution >= 0.6 is 0 Å². The molecule has 0 atom stereocenters. The summed E-state index contributed by atoms with van der Waals surface area (Å²) in [7, 11) is 0. The van der Waals surface area contributed by atoms with Crippen molar-refractivity contribution in [1.29, 1.82) is 0 Å². The minimum Gasteiger partial charge on any atom is -0.478 e. The first-order chi connectivity index (χ1) is 7.56. The summed E-state index contributed by atoms with van der Waals surface area (Å²) in [6.45, 7) is 2.01. The van der Waals surface area contributed by atoms with Crippen LogP contribution in [0.25, 0.3) is 0 Å². The van der Waals surface area contributed by atoms with Crippen LogP contribution in [0, 0.1) is 11.6 Å². The first-order valence-corrected chi connectivity index (χ1v) is 4.86. The number of halogens is 2. The van der Waals surface area contributed by atoms with Crippen LogP contribution in [0.2, 0.25) is 0 Å². The van der Waals surface area contributed by atoms with Crippen molar-refractivity contribution in [1.82, 2.24) is 0 Å². The second-order valence-corrected chi connectivity index (χ2v) is 2.97. The maximum Gasteiger partial charge on any atom is 0.327 e. The van der Waals surface area contributed by atoms with Gasteiger partial charge in [-0.05, 0) is 18.6 Å². The van der Waals surface area contributed by atoms with Crippen LogP contribution in [0.4, 0.5) is 8.78 Å². The van der Waals surface area contributed by atoms with Gasteiger partial charge in [-0.1, -0.05) is 25.5 Å². The molecule has 0 amide bonds. The van der Waals surface area contributed by atoms with Crippen molar-refractivity contribution in [2.24, 2.45) is 0 Å². The van der Waals surface area contributed by atoms with E-state index in [9.17, 15) is 13.6 Å². The number of rotatable bonds is 3. The van der Waals surface area contributed by atoms with Crippen molar-refractivity contribution >= 4 is 5.97 Å². The number of benzene rings is 1. The van der Waals surface area contributed by atoms with Crippen LogP contribution in [0.3, 0.4) is 0 Å². The molecule has 0 heterocycles. The molecule has 0 fully saturated rings. The summed E-state index contributed by atoms with van der Waals surface area (Å²) in [4.78, 5) is 9.79. The summed E-state index contributed by atoms with van der Waals surface area (Å²) >= 11 is 0. The SMILES string of the molecule is CCCC=CC(=O)O.Fc1cccc(F)c1. The molecule has 1 aromatic carbocycles. The van der Waals surface area contributed by atoms with Gasteiger partial charge in [0.05, 0.1) is 0 Å². The molecule has 1 N–H and O–H groups in total. The van der Waals surface area contributed by atoms with Gasteiger partial charge in [-0.25, -0.2) is 13.6 Å². The Morgan fingerprint density at radius 1 is 1.38 bits per heavy atom. The van der Waals surface area contributed by atoms with E-state index >= 15 is 0 Å². The van der Waals surface area contributed by atoms with E-state index in [1.165, 1.54) is 24.3 Å². The summed E-state index contributed by atoms with van der Waals surface area (Å²) in [5, 5.41) is 8.05. The average Bonchev–Trinajstić information content (AvgIpc) is 2.18. The highest BCUT2D eigenvalue weighted by atomic mass is 19.1. The molecule has 88 valence electrons. The van der Waals surface area contributed by atoms with Crippen LogP contribution in [-0.2, 0) is 4.79 Å². The first-order valence-electron chi connectivity index (χ1n) is 4.86. The molecule has 0 aromatic heterocycles. The lowest BCUT2D eigenvalue weighted by molar-refractivity contribution is -0.131. The molecule has 4 heteroatoms. The molecule has 0 spiro atoms. The molecule has 0 saturated carbocycles. The van der Waals surface area contributed by atoms with E-state index in [1.54, 1.807) is 6.08 Å². The zero-order valence-electron chi connectivity index (χ0n) is 8.99. The number of carboxylic acids is 1. The Kier molecular flexibility index (Phi) is 7.67. The molecular formula is C12H14F2O2. The van der Waals surface area contributed by atoms with Gasteiger partial charge in [0.25, 0.3) is 0 Å². The van der Waals surface area contributed by atoms with Gasteiger partial charge in [-0.3, -0.25) is 0 Å². The molecule has 0 aliphatic heterocycles. The van der Waals surface area contributed by atoms with E-state index in [1.807, 2.05) is 6.92 Å². The van der Waals surface area contributed by atoms with E-state index < -0.39 is 17.6 Å². The van der Waals surface area contributed by atoms with E-state index in [2.05, 4.69) is 0 Å². The highest BCUT2D eigenvalue weighted by Gasteiger charge is 1.88. The van der Waals surface area contributed by atoms with Gasteiger partial charge in [0.1, 0.15) is 11.6 Å². The van der Waals surface area contributed by atoms with Gasteiger partial charge < -0.3 is 5.11 Å². The van der Waals surface area contributed by atoms with Gasteiger partial charge in [-0.15, -0.1) is 0 Å². The highest BCUT2D eigenvalue weighted by molar-refractivity contribution is 5.79. The minimum atomic E-state index is -0.863. The Balaban J connectivity index is 0.000000281. The summed E-state index contributed by atoms with van der Waals surface area (Å²) in [5.41, 5.74) is 0. The Bertz CT molecular complexity index is 331. The number of allylic oxidation sites excluding steroid dienone is 1. The lowest BCUT2D eigenvalue weighted by Gasteiger charge is -1.84. The topological polar surface area (TPSA) is 37.3 Å². The van der Waals surface area contributed by atoms with Crippen molar-refractivity contribution in [2.75, 3.05) is 0 Å². The molecule has 2 nitrogen and oxygen atoms in total. The minimum absolute atomic E-state index is 0.537. The zero-order valence-corrected chi connectivity index (χ0v) is 8.99. The molecule has 1 rings (SSSR count). The van der Waals surface area contributed by atoms with Crippen molar-refractivity contribution in [2.45, 2.75) is 19.8 Å². The number of hydrogen-bond donors (Lipinski definition) is 1. The quantitative estimate of drug-likeness (QED) is 0.805. The second kappa shape index (κ2) is 8.59. The fourth-order valence-electron chi connectivity index (χ4n) is 0.811. The van der Waals surface area contributed by atoms with Crippen LogP contribution in [0.5, 0.6) is 0 Å². The highest BCUT2D eigenvalue weighted by Crippen LogP contribution is 1.99. The van der Waals surface area contributed by atoms with Gasteiger partial charge in [0, 0.05) is 12.1 Å². The Labute approximate surface area is 93.2 Å². The Morgan fingerprint density at radius 3 is 2.25 bits per heavy atom. The lowest BCUT2D eigenvalue weighted by Crippen LogP contribution is -1.84. The number of hydrogen-bond acceptors (Lipinski definition) is 1. The van der Waals surface area contributed by atoms with Crippen LogP contribution in [0.1, 0.15) is 19.8 Å². The van der Waals surface area contributed by atoms with Crippen molar-refractivity contribution in [3.63, 3.8) is 0 Å². The van der Waals surface area contributed by atoms with Gasteiger partial charge in [0.2, 0.25) is 0 Å². The largest absolute Gasteiger partial charge is 0.478 e. The van der Waals surface area contributed by atoms with Crippen LogP contribution < -0.4 is 0 Å². The average molecular weight is 228 g/mol. The third-order valence-electron chi connectivity index (χ3n) is 1.50. The first kappa shape index (κ1) is 14.3. The molecule has 1 aromatic rings. The van der Waals surface area contributed by atoms with E-state index in [0.29, 0.717) is 0 Å². The molecular weight excluding hydrogens is 214 g/mol. The van der Waals surface area contributed by atoms with Gasteiger partial charge in [0.15, 0.2) is 0 Å². The number of carboxylic acid groups (broad SMARTS) is 1. The number of aliphatic carboxylic acids is 1. The molecule has 0 radical (unpaired) electrons. The number of carbonyl (C=O) groups is 1. The van der Waals surface area contributed by atoms with Crippen molar-refractivity contribution < 1.29 is 18.7 Å². The fourth-order valence-corrected chi connectivity index (χ4v) is 0.811. The zero-order chi connectivity index (χ0) is 12.4. The monoisotopic (exact) mass is 228 g/mol. The smallest absolute Gasteiger partial charge is 0.327 e. The van der Waals surface area contributed by atoms with Crippen LogP contribution in [-0.4, -0.2) is 11.1 Å². The van der Waals surface area contributed by atoms with Crippen LogP contribution in [0.15, 0.2) is 36.4 Å². The fraction of sp³-hybridized carbons (Fsp3) is 0.250. The molecule has 0 aliphatic carbocycles. The van der Waals surface area contributed by atoms with E-state index in [0.717, 1.165) is 18.9 Å². The molecule has 0 unspecified atom stereocenters. The molecule has 0 bridgehead atoms. The van der Waals surface area contributed by atoms with Gasteiger partial charge >= 0.3 is 5.97 Å². The Hall–Kier alpha value is -1.71.